The first-order valence-corrected chi connectivity index (χ1v) is 11.5. The summed E-state index contributed by atoms with van der Waals surface area (Å²) in [6.45, 7) is 3.07. The SMILES string of the molecule is O=C(CSc1nnc(N2CCOCC2)s1)NC(c1ccccc1)c1nccs1. The fourth-order valence-electron chi connectivity index (χ4n) is 2.78. The van der Waals surface area contributed by atoms with Crippen LogP contribution < -0.4 is 10.2 Å². The molecule has 1 atom stereocenters. The number of carbonyl (C=O) groups is 1. The van der Waals surface area contributed by atoms with E-state index in [4.69, 9.17) is 4.74 Å². The molecule has 3 heterocycles. The molecule has 0 spiro atoms. The first kappa shape index (κ1) is 19.3. The molecule has 0 aliphatic carbocycles. The van der Waals surface area contributed by atoms with Crippen LogP contribution in [0.3, 0.4) is 0 Å². The molecule has 0 saturated carbocycles. The predicted octanol–water partition coefficient (Wildman–Crippen LogP) is 2.83. The van der Waals surface area contributed by atoms with E-state index in [-0.39, 0.29) is 17.7 Å². The second-order valence-corrected chi connectivity index (χ2v) is 9.12. The maximum Gasteiger partial charge on any atom is 0.231 e. The molecule has 1 aliphatic rings. The molecule has 7 nitrogen and oxygen atoms in total. The Bertz CT molecular complexity index is 882. The van der Waals surface area contributed by atoms with Crippen molar-refractivity contribution >= 4 is 45.5 Å². The third-order valence-electron chi connectivity index (χ3n) is 4.14. The molecule has 2 aromatic heterocycles. The van der Waals surface area contributed by atoms with Crippen molar-refractivity contribution in [3.05, 3.63) is 52.5 Å². The van der Waals surface area contributed by atoms with Crippen LogP contribution in [0.5, 0.6) is 0 Å². The van der Waals surface area contributed by atoms with Gasteiger partial charge < -0.3 is 15.0 Å². The minimum Gasteiger partial charge on any atom is -0.378 e. The monoisotopic (exact) mass is 433 g/mol. The number of anilines is 1. The van der Waals surface area contributed by atoms with Crippen LogP contribution in [-0.2, 0) is 9.53 Å². The Labute approximate surface area is 175 Å². The Kier molecular flexibility index (Phi) is 6.53. The lowest BCUT2D eigenvalue weighted by atomic mass is 10.1. The molecule has 1 fully saturated rings. The van der Waals surface area contributed by atoms with Gasteiger partial charge in [-0.3, -0.25) is 4.79 Å². The largest absolute Gasteiger partial charge is 0.378 e. The molecule has 1 aliphatic heterocycles. The fourth-order valence-corrected chi connectivity index (χ4v) is 5.20. The fraction of sp³-hybridized carbons (Fsp3) is 0.333. The zero-order valence-corrected chi connectivity index (χ0v) is 17.4. The molecule has 1 aromatic carbocycles. The van der Waals surface area contributed by atoms with Gasteiger partial charge in [0.15, 0.2) is 4.34 Å². The summed E-state index contributed by atoms with van der Waals surface area (Å²) < 4.78 is 6.16. The molecule has 28 heavy (non-hydrogen) atoms. The maximum atomic E-state index is 12.6. The standard InChI is InChI=1S/C18H19N5O2S3/c24-14(12-27-18-22-21-17(28-18)23-7-9-25-10-8-23)20-15(16-19-6-11-26-16)13-4-2-1-3-5-13/h1-6,11,15H,7-10,12H2,(H,20,24). The second kappa shape index (κ2) is 9.46. The third kappa shape index (κ3) is 4.88. The quantitative estimate of drug-likeness (QED) is 0.574. The van der Waals surface area contributed by atoms with Crippen molar-refractivity contribution < 1.29 is 9.53 Å². The van der Waals surface area contributed by atoms with E-state index in [9.17, 15) is 4.79 Å². The Morgan fingerprint density at radius 2 is 2.07 bits per heavy atom. The van der Waals surface area contributed by atoms with Gasteiger partial charge in [0, 0.05) is 24.7 Å². The molecular weight excluding hydrogens is 414 g/mol. The van der Waals surface area contributed by atoms with Crippen LogP contribution in [0.15, 0.2) is 46.2 Å². The molecule has 0 radical (unpaired) electrons. The summed E-state index contributed by atoms with van der Waals surface area (Å²) in [5, 5.41) is 15.2. The summed E-state index contributed by atoms with van der Waals surface area (Å²) in [6.07, 6.45) is 1.76. The van der Waals surface area contributed by atoms with Crippen LogP contribution >= 0.6 is 34.4 Å². The van der Waals surface area contributed by atoms with E-state index in [1.165, 1.54) is 34.4 Å². The summed E-state index contributed by atoms with van der Waals surface area (Å²) in [7, 11) is 0. The van der Waals surface area contributed by atoms with E-state index >= 15 is 0 Å². The predicted molar refractivity (Wildman–Crippen MR) is 112 cm³/mol. The Morgan fingerprint density at radius 3 is 2.82 bits per heavy atom. The zero-order valence-electron chi connectivity index (χ0n) is 15.0. The van der Waals surface area contributed by atoms with Crippen molar-refractivity contribution in [3.8, 4) is 0 Å². The highest BCUT2D eigenvalue weighted by Crippen LogP contribution is 2.29. The average Bonchev–Trinajstić information content (AvgIpc) is 3.44. The van der Waals surface area contributed by atoms with Crippen LogP contribution in [0.2, 0.25) is 0 Å². The molecule has 10 heteroatoms. The Morgan fingerprint density at radius 1 is 1.25 bits per heavy atom. The number of carbonyl (C=O) groups excluding carboxylic acids is 1. The van der Waals surface area contributed by atoms with Gasteiger partial charge in [-0.1, -0.05) is 53.4 Å². The summed E-state index contributed by atoms with van der Waals surface area (Å²) in [5.74, 6) is 0.226. The Hall–Kier alpha value is -2.01. The van der Waals surface area contributed by atoms with Crippen molar-refractivity contribution in [2.45, 2.75) is 10.4 Å². The van der Waals surface area contributed by atoms with E-state index in [0.717, 1.165) is 33.1 Å². The lowest BCUT2D eigenvalue weighted by Crippen LogP contribution is -2.36. The molecule has 1 amide bonds. The highest BCUT2D eigenvalue weighted by atomic mass is 32.2. The lowest BCUT2D eigenvalue weighted by molar-refractivity contribution is -0.119. The average molecular weight is 434 g/mol. The zero-order chi connectivity index (χ0) is 19.2. The number of ether oxygens (including phenoxy) is 1. The maximum absolute atomic E-state index is 12.6. The van der Waals surface area contributed by atoms with Crippen molar-refractivity contribution in [1.29, 1.82) is 0 Å². The van der Waals surface area contributed by atoms with Gasteiger partial charge in [0.25, 0.3) is 0 Å². The molecule has 3 aromatic rings. The third-order valence-corrected chi connectivity index (χ3v) is 7.10. The Balaban J connectivity index is 1.36. The summed E-state index contributed by atoms with van der Waals surface area (Å²) in [5.41, 5.74) is 1.02. The number of nitrogens with one attached hydrogen (secondary N) is 1. The first-order chi connectivity index (χ1) is 13.8. The van der Waals surface area contributed by atoms with E-state index in [1.807, 2.05) is 35.7 Å². The molecule has 1 unspecified atom stereocenters. The highest BCUT2D eigenvalue weighted by Gasteiger charge is 2.20. The van der Waals surface area contributed by atoms with Gasteiger partial charge in [0.1, 0.15) is 11.0 Å². The van der Waals surface area contributed by atoms with Crippen molar-refractivity contribution in [3.63, 3.8) is 0 Å². The second-order valence-electron chi connectivity index (χ2n) is 6.02. The lowest BCUT2D eigenvalue weighted by Gasteiger charge is -2.25. The number of morpholine rings is 1. The van der Waals surface area contributed by atoms with Crippen molar-refractivity contribution in [2.24, 2.45) is 0 Å². The minimum absolute atomic E-state index is 0.0582. The van der Waals surface area contributed by atoms with E-state index in [2.05, 4.69) is 25.4 Å². The first-order valence-electron chi connectivity index (χ1n) is 8.82. The van der Waals surface area contributed by atoms with Gasteiger partial charge >= 0.3 is 0 Å². The van der Waals surface area contributed by atoms with Crippen LogP contribution in [0.1, 0.15) is 16.6 Å². The molecule has 1 saturated heterocycles. The van der Waals surface area contributed by atoms with Gasteiger partial charge in [-0.15, -0.1) is 21.5 Å². The number of hydrogen-bond acceptors (Lipinski definition) is 9. The smallest absolute Gasteiger partial charge is 0.231 e. The number of aromatic nitrogens is 3. The number of hydrogen-bond donors (Lipinski definition) is 1. The normalized spacial score (nSPS) is 15.4. The van der Waals surface area contributed by atoms with Gasteiger partial charge in [-0.25, -0.2) is 4.98 Å². The van der Waals surface area contributed by atoms with E-state index in [0.29, 0.717) is 13.2 Å². The van der Waals surface area contributed by atoms with Crippen LogP contribution in [-0.4, -0.2) is 53.1 Å². The number of benzene rings is 1. The van der Waals surface area contributed by atoms with Crippen molar-refractivity contribution in [2.75, 3.05) is 37.0 Å². The van der Waals surface area contributed by atoms with Crippen molar-refractivity contribution in [1.82, 2.24) is 20.5 Å². The summed E-state index contributed by atoms with van der Waals surface area (Å²) in [4.78, 5) is 19.1. The van der Waals surface area contributed by atoms with Gasteiger partial charge in [0.2, 0.25) is 11.0 Å². The number of thiazole rings is 1. The number of rotatable bonds is 7. The van der Waals surface area contributed by atoms with Gasteiger partial charge in [-0.05, 0) is 5.56 Å². The van der Waals surface area contributed by atoms with Crippen LogP contribution in [0.4, 0.5) is 5.13 Å². The molecule has 1 N–H and O–H groups in total. The number of amides is 1. The van der Waals surface area contributed by atoms with Gasteiger partial charge in [0.05, 0.1) is 19.0 Å². The highest BCUT2D eigenvalue weighted by molar-refractivity contribution is 8.01. The molecule has 0 bridgehead atoms. The number of thioether (sulfide) groups is 1. The molecule has 146 valence electrons. The van der Waals surface area contributed by atoms with Gasteiger partial charge in [-0.2, -0.15) is 0 Å². The van der Waals surface area contributed by atoms with Crippen LogP contribution in [0, 0.1) is 0 Å². The topological polar surface area (TPSA) is 80.2 Å². The van der Waals surface area contributed by atoms with E-state index < -0.39 is 0 Å². The van der Waals surface area contributed by atoms with E-state index in [1.54, 1.807) is 6.20 Å². The molecule has 4 rings (SSSR count). The minimum atomic E-state index is -0.243. The summed E-state index contributed by atoms with van der Waals surface area (Å²) in [6, 6.07) is 9.64. The number of nitrogens with zero attached hydrogens (tertiary/aromatic N) is 4. The molecular formula is C18H19N5O2S3. The summed E-state index contributed by atoms with van der Waals surface area (Å²) >= 11 is 4.45. The van der Waals surface area contributed by atoms with Crippen LogP contribution in [0.25, 0.3) is 0 Å².